The normalized spacial score (nSPS) is 10.4. The second-order valence-corrected chi connectivity index (χ2v) is 5.72. The Morgan fingerprint density at radius 1 is 1.16 bits per heavy atom. The van der Waals surface area contributed by atoms with Gasteiger partial charge in [0.25, 0.3) is 0 Å². The van der Waals surface area contributed by atoms with Crippen LogP contribution in [0.5, 0.6) is 5.75 Å². The molecule has 3 aromatic rings. The number of imidazole rings is 1. The van der Waals surface area contributed by atoms with E-state index < -0.39 is 0 Å². The van der Waals surface area contributed by atoms with E-state index in [2.05, 4.69) is 10.3 Å². The van der Waals surface area contributed by atoms with Crippen LogP contribution in [0.25, 0.3) is 5.69 Å². The highest BCUT2D eigenvalue weighted by Crippen LogP contribution is 2.18. The summed E-state index contributed by atoms with van der Waals surface area (Å²) in [5, 5.41) is 2.96. The van der Waals surface area contributed by atoms with Crippen LogP contribution >= 0.6 is 0 Å². The topological polar surface area (TPSA) is 56.1 Å². The van der Waals surface area contributed by atoms with Crippen LogP contribution < -0.4 is 10.1 Å². The predicted molar refractivity (Wildman–Crippen MR) is 96.7 cm³/mol. The van der Waals surface area contributed by atoms with Gasteiger partial charge in [-0.1, -0.05) is 30.3 Å². The summed E-state index contributed by atoms with van der Waals surface area (Å²) in [6.45, 7) is 0.523. The molecule has 1 heterocycles. The Balaban J connectivity index is 1.49. The quantitative estimate of drug-likeness (QED) is 0.722. The van der Waals surface area contributed by atoms with Crippen LogP contribution in [-0.4, -0.2) is 22.6 Å². The third-order valence-corrected chi connectivity index (χ3v) is 4.04. The first-order chi connectivity index (χ1) is 12.3. The molecule has 5 nitrogen and oxygen atoms in total. The minimum Gasteiger partial charge on any atom is -0.496 e. The number of aryl methyl sites for hydroxylation is 1. The zero-order valence-corrected chi connectivity index (χ0v) is 14.2. The van der Waals surface area contributed by atoms with E-state index in [4.69, 9.17) is 4.74 Å². The van der Waals surface area contributed by atoms with Crippen LogP contribution in [0.3, 0.4) is 0 Å². The molecular weight excluding hydrogens is 314 g/mol. The van der Waals surface area contributed by atoms with Crippen LogP contribution in [0.2, 0.25) is 0 Å². The van der Waals surface area contributed by atoms with Crippen molar-refractivity contribution in [3.05, 3.63) is 78.4 Å². The summed E-state index contributed by atoms with van der Waals surface area (Å²) in [6, 6.07) is 15.8. The van der Waals surface area contributed by atoms with Gasteiger partial charge in [-0.05, 0) is 35.7 Å². The summed E-state index contributed by atoms with van der Waals surface area (Å²) >= 11 is 0. The fraction of sp³-hybridized carbons (Fsp3) is 0.200. The zero-order chi connectivity index (χ0) is 17.5. The predicted octanol–water partition coefficient (Wildman–Crippen LogP) is 3.13. The van der Waals surface area contributed by atoms with Crippen LogP contribution in [0.15, 0.2) is 67.3 Å². The van der Waals surface area contributed by atoms with E-state index in [9.17, 15) is 4.79 Å². The fourth-order valence-corrected chi connectivity index (χ4v) is 2.64. The highest BCUT2D eigenvalue weighted by molar-refractivity contribution is 5.76. The van der Waals surface area contributed by atoms with Gasteiger partial charge in [-0.15, -0.1) is 0 Å². The molecule has 0 fully saturated rings. The van der Waals surface area contributed by atoms with Gasteiger partial charge in [0, 0.05) is 31.0 Å². The maximum Gasteiger partial charge on any atom is 0.220 e. The Kier molecular flexibility index (Phi) is 5.46. The molecule has 0 aliphatic carbocycles. The Labute approximate surface area is 147 Å². The smallest absolute Gasteiger partial charge is 0.220 e. The van der Waals surface area contributed by atoms with E-state index in [1.807, 2.05) is 59.3 Å². The van der Waals surface area contributed by atoms with Gasteiger partial charge in [0.1, 0.15) is 5.75 Å². The fourth-order valence-electron chi connectivity index (χ4n) is 2.64. The van der Waals surface area contributed by atoms with E-state index in [0.29, 0.717) is 19.4 Å². The van der Waals surface area contributed by atoms with Gasteiger partial charge in [-0.3, -0.25) is 4.79 Å². The number of rotatable bonds is 7. The Morgan fingerprint density at radius 2 is 1.96 bits per heavy atom. The van der Waals surface area contributed by atoms with Gasteiger partial charge in [0.05, 0.1) is 13.4 Å². The first-order valence-electron chi connectivity index (χ1n) is 8.22. The summed E-state index contributed by atoms with van der Waals surface area (Å²) in [4.78, 5) is 16.1. The first-order valence-corrected chi connectivity index (χ1v) is 8.22. The lowest BCUT2D eigenvalue weighted by Crippen LogP contribution is -2.23. The van der Waals surface area contributed by atoms with Gasteiger partial charge < -0.3 is 14.6 Å². The molecule has 0 saturated heterocycles. The molecule has 0 bridgehead atoms. The van der Waals surface area contributed by atoms with E-state index in [-0.39, 0.29) is 5.91 Å². The van der Waals surface area contributed by atoms with Gasteiger partial charge in [0.15, 0.2) is 0 Å². The van der Waals surface area contributed by atoms with Crippen molar-refractivity contribution < 1.29 is 9.53 Å². The Bertz CT molecular complexity index is 811. The molecular formula is C20H21N3O2. The minimum absolute atomic E-state index is 0.0320. The molecule has 0 unspecified atom stereocenters. The van der Waals surface area contributed by atoms with Crippen molar-refractivity contribution in [1.82, 2.24) is 14.9 Å². The average Bonchev–Trinajstić information content (AvgIpc) is 3.20. The van der Waals surface area contributed by atoms with E-state index in [1.54, 1.807) is 19.6 Å². The molecule has 25 heavy (non-hydrogen) atoms. The number of methoxy groups -OCH3 is 1. The number of hydrogen-bond donors (Lipinski definition) is 1. The lowest BCUT2D eigenvalue weighted by molar-refractivity contribution is -0.121. The van der Waals surface area contributed by atoms with E-state index in [0.717, 1.165) is 22.6 Å². The van der Waals surface area contributed by atoms with Crippen LogP contribution in [0.4, 0.5) is 0 Å². The molecule has 0 atom stereocenters. The maximum atomic E-state index is 12.1. The standard InChI is InChI=1S/C20H21N3O2/c1-25-19-5-3-2-4-17(19)8-11-20(24)22-14-16-6-9-18(10-7-16)23-13-12-21-15-23/h2-7,9-10,12-13,15H,8,11,14H2,1H3,(H,22,24). The average molecular weight is 335 g/mol. The number of nitrogens with one attached hydrogen (secondary N) is 1. The summed E-state index contributed by atoms with van der Waals surface area (Å²) < 4.78 is 7.25. The van der Waals surface area contributed by atoms with Gasteiger partial charge in [-0.2, -0.15) is 0 Å². The molecule has 0 spiro atoms. The molecule has 0 saturated carbocycles. The SMILES string of the molecule is COc1ccccc1CCC(=O)NCc1ccc(-n2ccnc2)cc1. The summed E-state index contributed by atoms with van der Waals surface area (Å²) in [6.07, 6.45) is 6.50. The first kappa shape index (κ1) is 16.8. The van der Waals surface area contributed by atoms with Crippen molar-refractivity contribution in [2.75, 3.05) is 7.11 Å². The molecule has 128 valence electrons. The van der Waals surface area contributed by atoms with E-state index in [1.165, 1.54) is 0 Å². The second kappa shape index (κ2) is 8.15. The molecule has 5 heteroatoms. The number of ether oxygens (including phenoxy) is 1. The number of aromatic nitrogens is 2. The van der Waals surface area contributed by atoms with Gasteiger partial charge >= 0.3 is 0 Å². The summed E-state index contributed by atoms with van der Waals surface area (Å²) in [5.41, 5.74) is 3.16. The monoisotopic (exact) mass is 335 g/mol. The number of amides is 1. The van der Waals surface area contributed by atoms with Gasteiger partial charge in [0.2, 0.25) is 5.91 Å². The molecule has 2 aromatic carbocycles. The minimum atomic E-state index is 0.0320. The number of para-hydroxylation sites is 1. The third-order valence-electron chi connectivity index (χ3n) is 4.04. The molecule has 3 rings (SSSR count). The highest BCUT2D eigenvalue weighted by atomic mass is 16.5. The highest BCUT2D eigenvalue weighted by Gasteiger charge is 2.06. The summed E-state index contributed by atoms with van der Waals surface area (Å²) in [7, 11) is 1.65. The van der Waals surface area contributed by atoms with Crippen molar-refractivity contribution in [3.8, 4) is 11.4 Å². The van der Waals surface area contributed by atoms with Crippen molar-refractivity contribution in [3.63, 3.8) is 0 Å². The number of nitrogens with zero attached hydrogens (tertiary/aromatic N) is 2. The van der Waals surface area contributed by atoms with E-state index >= 15 is 0 Å². The van der Waals surface area contributed by atoms with Crippen molar-refractivity contribution in [1.29, 1.82) is 0 Å². The second-order valence-electron chi connectivity index (χ2n) is 5.72. The molecule has 0 radical (unpaired) electrons. The van der Waals surface area contributed by atoms with Crippen molar-refractivity contribution in [2.45, 2.75) is 19.4 Å². The number of carbonyl (C=O) groups is 1. The molecule has 1 N–H and O–H groups in total. The zero-order valence-electron chi connectivity index (χ0n) is 14.2. The lowest BCUT2D eigenvalue weighted by atomic mass is 10.1. The van der Waals surface area contributed by atoms with Crippen molar-refractivity contribution >= 4 is 5.91 Å². The van der Waals surface area contributed by atoms with Crippen LogP contribution in [0, 0.1) is 0 Å². The molecule has 0 aliphatic heterocycles. The molecule has 1 amide bonds. The summed E-state index contributed by atoms with van der Waals surface area (Å²) in [5.74, 6) is 0.856. The van der Waals surface area contributed by atoms with Gasteiger partial charge in [-0.25, -0.2) is 4.98 Å². The number of hydrogen-bond acceptors (Lipinski definition) is 3. The van der Waals surface area contributed by atoms with Crippen molar-refractivity contribution in [2.24, 2.45) is 0 Å². The van der Waals surface area contributed by atoms with Crippen LogP contribution in [0.1, 0.15) is 17.5 Å². The molecule has 1 aromatic heterocycles. The van der Waals surface area contributed by atoms with Crippen LogP contribution in [-0.2, 0) is 17.8 Å². The third kappa shape index (κ3) is 4.47. The Hall–Kier alpha value is -3.08. The Morgan fingerprint density at radius 3 is 2.68 bits per heavy atom. The maximum absolute atomic E-state index is 12.1. The lowest BCUT2D eigenvalue weighted by Gasteiger charge is -2.09. The number of benzene rings is 2. The molecule has 0 aliphatic rings. The number of carbonyl (C=O) groups excluding carboxylic acids is 1. The largest absolute Gasteiger partial charge is 0.496 e.